The Hall–Kier alpha value is -1.59. The van der Waals surface area contributed by atoms with Crippen LogP contribution in [-0.2, 0) is 14.2 Å². The van der Waals surface area contributed by atoms with Crippen molar-refractivity contribution in [2.75, 3.05) is 13.2 Å². The predicted octanol–water partition coefficient (Wildman–Crippen LogP) is 3.80. The van der Waals surface area contributed by atoms with Crippen LogP contribution in [0.15, 0.2) is 24.3 Å². The molecule has 0 bridgehead atoms. The van der Waals surface area contributed by atoms with Crippen LogP contribution in [0.2, 0.25) is 0 Å². The molecule has 2 aliphatic heterocycles. The molecule has 1 aromatic rings. The maximum Gasteiger partial charge on any atom is 0.411 e. The van der Waals surface area contributed by atoms with Crippen LogP contribution < -0.4 is 0 Å². The van der Waals surface area contributed by atoms with E-state index in [9.17, 15) is 4.79 Å². The molecule has 1 amide bonds. The minimum absolute atomic E-state index is 0.0223. The SMILES string of the molecule is C[C@H]1[C@@H](c2cccc(C3OCCCO3)c2)OC(=O)N1C(C)(C)C. The Labute approximate surface area is 137 Å². The minimum Gasteiger partial charge on any atom is -0.439 e. The molecule has 5 nitrogen and oxygen atoms in total. The molecule has 23 heavy (non-hydrogen) atoms. The number of rotatable bonds is 2. The van der Waals surface area contributed by atoms with Crippen molar-refractivity contribution in [2.45, 2.75) is 58.1 Å². The lowest BCUT2D eigenvalue weighted by Crippen LogP contribution is -2.46. The van der Waals surface area contributed by atoms with Crippen LogP contribution >= 0.6 is 0 Å². The van der Waals surface area contributed by atoms with Gasteiger partial charge in [-0.15, -0.1) is 0 Å². The Kier molecular flexibility index (Phi) is 4.34. The number of ether oxygens (including phenoxy) is 3. The van der Waals surface area contributed by atoms with Gasteiger partial charge in [-0.1, -0.05) is 18.2 Å². The molecule has 0 spiro atoms. The summed E-state index contributed by atoms with van der Waals surface area (Å²) in [6.45, 7) is 9.51. The summed E-state index contributed by atoms with van der Waals surface area (Å²) in [5, 5.41) is 0. The maximum atomic E-state index is 12.3. The standard InChI is InChI=1S/C18H25NO4/c1-12-15(23-17(20)19(12)18(2,3)4)13-7-5-8-14(11-13)16-21-9-6-10-22-16/h5,7-8,11-12,15-16H,6,9-10H2,1-4H3/t12-,15-/m0/s1. The Balaban J connectivity index is 1.83. The molecule has 2 heterocycles. The van der Waals surface area contributed by atoms with Crippen LogP contribution in [0.5, 0.6) is 0 Å². The summed E-state index contributed by atoms with van der Waals surface area (Å²) >= 11 is 0. The average molecular weight is 319 g/mol. The zero-order chi connectivity index (χ0) is 16.6. The van der Waals surface area contributed by atoms with Gasteiger partial charge in [0.15, 0.2) is 6.29 Å². The topological polar surface area (TPSA) is 48.0 Å². The van der Waals surface area contributed by atoms with E-state index in [0.29, 0.717) is 13.2 Å². The summed E-state index contributed by atoms with van der Waals surface area (Å²) < 4.78 is 17.0. The van der Waals surface area contributed by atoms with Crippen LogP contribution in [0.1, 0.15) is 57.6 Å². The number of amides is 1. The highest BCUT2D eigenvalue weighted by atomic mass is 16.7. The van der Waals surface area contributed by atoms with Crippen LogP contribution in [0, 0.1) is 0 Å². The van der Waals surface area contributed by atoms with Crippen molar-refractivity contribution in [3.63, 3.8) is 0 Å². The Bertz CT molecular complexity index is 575. The van der Waals surface area contributed by atoms with Crippen molar-refractivity contribution < 1.29 is 19.0 Å². The fourth-order valence-corrected chi connectivity index (χ4v) is 3.36. The lowest BCUT2D eigenvalue weighted by molar-refractivity contribution is -0.183. The third-order valence-electron chi connectivity index (χ3n) is 4.33. The van der Waals surface area contributed by atoms with Crippen molar-refractivity contribution >= 4 is 6.09 Å². The molecule has 5 heteroatoms. The molecule has 2 saturated heterocycles. The lowest BCUT2D eigenvalue weighted by Gasteiger charge is -2.33. The van der Waals surface area contributed by atoms with Crippen molar-refractivity contribution in [2.24, 2.45) is 0 Å². The molecule has 3 rings (SSSR count). The first kappa shape index (κ1) is 16.3. The average Bonchev–Trinajstić information content (AvgIpc) is 2.83. The summed E-state index contributed by atoms with van der Waals surface area (Å²) in [4.78, 5) is 14.1. The summed E-state index contributed by atoms with van der Waals surface area (Å²) in [6.07, 6.45) is 0.0687. The van der Waals surface area contributed by atoms with Gasteiger partial charge in [-0.3, -0.25) is 4.90 Å². The highest BCUT2D eigenvalue weighted by molar-refractivity contribution is 5.72. The summed E-state index contributed by atoms with van der Waals surface area (Å²) in [7, 11) is 0. The zero-order valence-electron chi connectivity index (χ0n) is 14.2. The number of hydrogen-bond acceptors (Lipinski definition) is 4. The lowest BCUT2D eigenvalue weighted by atomic mass is 9.97. The summed E-state index contributed by atoms with van der Waals surface area (Å²) in [5.74, 6) is 0. The first-order valence-corrected chi connectivity index (χ1v) is 8.21. The van der Waals surface area contributed by atoms with E-state index in [-0.39, 0.29) is 30.1 Å². The number of carbonyl (C=O) groups excluding carboxylic acids is 1. The van der Waals surface area contributed by atoms with Gasteiger partial charge in [0.05, 0.1) is 19.3 Å². The largest absolute Gasteiger partial charge is 0.439 e. The van der Waals surface area contributed by atoms with Gasteiger partial charge in [-0.05, 0) is 45.7 Å². The monoisotopic (exact) mass is 319 g/mol. The number of benzene rings is 1. The zero-order valence-corrected chi connectivity index (χ0v) is 14.2. The molecule has 0 unspecified atom stereocenters. The van der Waals surface area contributed by atoms with Gasteiger partial charge in [0.25, 0.3) is 0 Å². The van der Waals surface area contributed by atoms with E-state index in [0.717, 1.165) is 17.5 Å². The molecule has 0 aromatic heterocycles. The highest BCUT2D eigenvalue weighted by Crippen LogP contribution is 2.37. The van der Waals surface area contributed by atoms with E-state index < -0.39 is 0 Å². The van der Waals surface area contributed by atoms with E-state index in [2.05, 4.69) is 0 Å². The van der Waals surface area contributed by atoms with Crippen LogP contribution in [-0.4, -0.2) is 35.8 Å². The second kappa shape index (κ2) is 6.13. The summed E-state index contributed by atoms with van der Waals surface area (Å²) in [6, 6.07) is 7.95. The molecule has 2 fully saturated rings. The number of cyclic esters (lactones) is 1. The van der Waals surface area contributed by atoms with Crippen LogP contribution in [0.3, 0.4) is 0 Å². The normalized spacial score (nSPS) is 26.4. The Morgan fingerprint density at radius 2 is 1.78 bits per heavy atom. The van der Waals surface area contributed by atoms with Crippen molar-refractivity contribution in [1.82, 2.24) is 4.90 Å². The first-order chi connectivity index (χ1) is 10.9. The summed E-state index contributed by atoms with van der Waals surface area (Å²) in [5.41, 5.74) is 1.69. The molecule has 0 saturated carbocycles. The molecule has 126 valence electrons. The fraction of sp³-hybridized carbons (Fsp3) is 0.611. The molecule has 0 radical (unpaired) electrons. The van der Waals surface area contributed by atoms with E-state index in [4.69, 9.17) is 14.2 Å². The van der Waals surface area contributed by atoms with Gasteiger partial charge in [-0.25, -0.2) is 4.79 Å². The van der Waals surface area contributed by atoms with E-state index in [1.165, 1.54) is 0 Å². The van der Waals surface area contributed by atoms with Crippen molar-refractivity contribution in [3.8, 4) is 0 Å². The van der Waals surface area contributed by atoms with E-state index in [1.54, 1.807) is 4.90 Å². The van der Waals surface area contributed by atoms with Gasteiger partial charge in [0.1, 0.15) is 6.10 Å². The molecule has 2 atom stereocenters. The van der Waals surface area contributed by atoms with Crippen LogP contribution in [0.4, 0.5) is 4.79 Å². The number of hydrogen-bond donors (Lipinski definition) is 0. The van der Waals surface area contributed by atoms with Gasteiger partial charge in [0.2, 0.25) is 0 Å². The molecule has 0 N–H and O–H groups in total. The van der Waals surface area contributed by atoms with Crippen molar-refractivity contribution in [1.29, 1.82) is 0 Å². The maximum absolute atomic E-state index is 12.3. The van der Waals surface area contributed by atoms with Gasteiger partial charge < -0.3 is 14.2 Å². The molecular formula is C18H25NO4. The van der Waals surface area contributed by atoms with E-state index >= 15 is 0 Å². The number of carbonyl (C=O) groups is 1. The van der Waals surface area contributed by atoms with Gasteiger partial charge in [-0.2, -0.15) is 0 Å². The smallest absolute Gasteiger partial charge is 0.411 e. The third kappa shape index (κ3) is 3.21. The van der Waals surface area contributed by atoms with Gasteiger partial charge >= 0.3 is 6.09 Å². The number of nitrogens with zero attached hydrogens (tertiary/aromatic N) is 1. The molecule has 2 aliphatic rings. The fourth-order valence-electron chi connectivity index (χ4n) is 3.36. The minimum atomic E-state index is -0.324. The first-order valence-electron chi connectivity index (χ1n) is 8.21. The molecule has 1 aromatic carbocycles. The Morgan fingerprint density at radius 3 is 2.39 bits per heavy atom. The third-order valence-corrected chi connectivity index (χ3v) is 4.33. The second-order valence-electron chi connectivity index (χ2n) is 7.18. The van der Waals surface area contributed by atoms with Crippen LogP contribution in [0.25, 0.3) is 0 Å². The molecule has 0 aliphatic carbocycles. The predicted molar refractivity (Wildman–Crippen MR) is 86.0 cm³/mol. The Morgan fingerprint density at radius 1 is 1.13 bits per heavy atom. The van der Waals surface area contributed by atoms with Crippen molar-refractivity contribution in [3.05, 3.63) is 35.4 Å². The second-order valence-corrected chi connectivity index (χ2v) is 7.18. The molecular weight excluding hydrogens is 294 g/mol. The highest BCUT2D eigenvalue weighted by Gasteiger charge is 2.44. The quantitative estimate of drug-likeness (QED) is 0.832. The van der Waals surface area contributed by atoms with E-state index in [1.807, 2.05) is 52.0 Å². The van der Waals surface area contributed by atoms with Gasteiger partial charge in [0, 0.05) is 11.1 Å².